The van der Waals surface area contributed by atoms with Crippen LogP contribution in [0, 0.1) is 10.1 Å². The molecule has 1 unspecified atom stereocenters. The molecule has 7 heteroatoms. The first-order valence-electron chi connectivity index (χ1n) is 6.84. The Balaban J connectivity index is 2.06. The lowest BCUT2D eigenvalue weighted by Crippen LogP contribution is -2.13. The number of nitrogens with one attached hydrogen (secondary N) is 1. The number of nitrogens with zero attached hydrogens (tertiary/aromatic N) is 1. The van der Waals surface area contributed by atoms with Crippen LogP contribution < -0.4 is 5.32 Å². The number of nitro benzene ring substituents is 1. The summed E-state index contributed by atoms with van der Waals surface area (Å²) in [6, 6.07) is 4.13. The molecule has 0 aliphatic carbocycles. The maximum atomic E-state index is 11.5. The number of methoxy groups -OCH3 is 1. The van der Waals surface area contributed by atoms with Gasteiger partial charge in [0, 0.05) is 19.2 Å². The molecule has 1 saturated heterocycles. The Morgan fingerprint density at radius 3 is 3.00 bits per heavy atom. The summed E-state index contributed by atoms with van der Waals surface area (Å²) >= 11 is 0. The van der Waals surface area contributed by atoms with Gasteiger partial charge in [0.15, 0.2) is 0 Å². The first-order valence-corrected chi connectivity index (χ1v) is 6.84. The van der Waals surface area contributed by atoms with E-state index in [-0.39, 0.29) is 17.4 Å². The van der Waals surface area contributed by atoms with Gasteiger partial charge in [-0.3, -0.25) is 10.1 Å². The molecular weight excluding hydrogens is 276 g/mol. The van der Waals surface area contributed by atoms with Gasteiger partial charge in [-0.25, -0.2) is 4.79 Å². The minimum absolute atomic E-state index is 0.0602. The molecular formula is C14H18N2O5. The highest BCUT2D eigenvalue weighted by molar-refractivity contribution is 5.91. The van der Waals surface area contributed by atoms with E-state index in [4.69, 9.17) is 4.74 Å². The van der Waals surface area contributed by atoms with Crippen LogP contribution in [0.15, 0.2) is 18.2 Å². The number of hydrogen-bond acceptors (Lipinski definition) is 6. The molecule has 2 rings (SSSR count). The van der Waals surface area contributed by atoms with Crippen LogP contribution in [0.4, 0.5) is 11.4 Å². The number of rotatable bonds is 6. The number of benzene rings is 1. The Labute approximate surface area is 122 Å². The summed E-state index contributed by atoms with van der Waals surface area (Å²) in [6.45, 7) is 1.33. The molecule has 1 aromatic rings. The summed E-state index contributed by atoms with van der Waals surface area (Å²) < 4.78 is 10.1. The minimum Gasteiger partial charge on any atom is -0.465 e. The zero-order valence-electron chi connectivity index (χ0n) is 11.8. The molecule has 1 aromatic carbocycles. The van der Waals surface area contributed by atoms with Crippen molar-refractivity contribution in [2.24, 2.45) is 0 Å². The second-order valence-corrected chi connectivity index (χ2v) is 4.83. The summed E-state index contributed by atoms with van der Waals surface area (Å²) in [5.74, 6) is -0.521. The van der Waals surface area contributed by atoms with Crippen molar-refractivity contribution in [3.63, 3.8) is 0 Å². The fourth-order valence-corrected chi connectivity index (χ4v) is 2.32. The minimum atomic E-state index is -0.521. The Kier molecular flexibility index (Phi) is 5.10. The van der Waals surface area contributed by atoms with E-state index in [0.717, 1.165) is 25.9 Å². The van der Waals surface area contributed by atoms with Crippen LogP contribution in [0.25, 0.3) is 0 Å². The Morgan fingerprint density at radius 2 is 2.38 bits per heavy atom. The number of carbonyl (C=O) groups excluding carboxylic acids is 1. The summed E-state index contributed by atoms with van der Waals surface area (Å²) in [5.41, 5.74) is 0.540. The third-order valence-electron chi connectivity index (χ3n) is 3.42. The summed E-state index contributed by atoms with van der Waals surface area (Å²) in [4.78, 5) is 22.0. The lowest BCUT2D eigenvalue weighted by Gasteiger charge is -2.11. The molecule has 1 aliphatic heterocycles. The molecule has 0 spiro atoms. The maximum absolute atomic E-state index is 11.5. The first kappa shape index (κ1) is 15.2. The van der Waals surface area contributed by atoms with Gasteiger partial charge in [-0.15, -0.1) is 0 Å². The molecule has 0 bridgehead atoms. The van der Waals surface area contributed by atoms with Gasteiger partial charge >= 0.3 is 5.97 Å². The second-order valence-electron chi connectivity index (χ2n) is 4.83. The molecule has 7 nitrogen and oxygen atoms in total. The third kappa shape index (κ3) is 3.91. The van der Waals surface area contributed by atoms with E-state index in [1.165, 1.54) is 25.3 Å². The molecule has 0 amide bonds. The second kappa shape index (κ2) is 7.03. The Hall–Kier alpha value is -2.15. The predicted octanol–water partition coefficient (Wildman–Crippen LogP) is 2.36. The predicted molar refractivity (Wildman–Crippen MR) is 76.5 cm³/mol. The lowest BCUT2D eigenvalue weighted by atomic mass is 10.1. The number of anilines is 1. The number of hydrogen-bond donors (Lipinski definition) is 1. The average molecular weight is 294 g/mol. The molecule has 0 aromatic heterocycles. The van der Waals surface area contributed by atoms with Crippen LogP contribution in [-0.2, 0) is 9.47 Å². The molecule has 1 fully saturated rings. The number of esters is 1. The van der Waals surface area contributed by atoms with Crippen LogP contribution in [0.2, 0.25) is 0 Å². The van der Waals surface area contributed by atoms with E-state index >= 15 is 0 Å². The summed E-state index contributed by atoms with van der Waals surface area (Å²) in [5, 5.41) is 14.0. The third-order valence-corrected chi connectivity index (χ3v) is 3.42. The fraction of sp³-hybridized carbons (Fsp3) is 0.500. The van der Waals surface area contributed by atoms with E-state index < -0.39 is 10.9 Å². The van der Waals surface area contributed by atoms with Gasteiger partial charge in [-0.1, -0.05) is 0 Å². The van der Waals surface area contributed by atoms with E-state index in [1.807, 2.05) is 0 Å². The van der Waals surface area contributed by atoms with Crippen molar-refractivity contribution in [2.75, 3.05) is 25.6 Å². The van der Waals surface area contributed by atoms with E-state index in [1.54, 1.807) is 0 Å². The van der Waals surface area contributed by atoms with Gasteiger partial charge in [0.05, 0.1) is 23.7 Å². The monoisotopic (exact) mass is 294 g/mol. The van der Waals surface area contributed by atoms with E-state index in [0.29, 0.717) is 12.2 Å². The van der Waals surface area contributed by atoms with Crippen LogP contribution in [0.3, 0.4) is 0 Å². The molecule has 114 valence electrons. The highest BCUT2D eigenvalue weighted by Crippen LogP contribution is 2.26. The standard InChI is InChI=1S/C14H18N2O5/c1-20-14(17)10-4-5-13(16(18)19)12(9-10)15-7-6-11-3-2-8-21-11/h4-5,9,11,15H,2-3,6-8H2,1H3. The molecule has 1 heterocycles. The highest BCUT2D eigenvalue weighted by Gasteiger charge is 2.18. The van der Waals surface area contributed by atoms with E-state index in [2.05, 4.69) is 10.1 Å². The molecule has 21 heavy (non-hydrogen) atoms. The smallest absolute Gasteiger partial charge is 0.337 e. The fourth-order valence-electron chi connectivity index (χ4n) is 2.32. The largest absolute Gasteiger partial charge is 0.465 e. The zero-order valence-corrected chi connectivity index (χ0v) is 11.8. The molecule has 1 atom stereocenters. The quantitative estimate of drug-likeness (QED) is 0.492. The van der Waals surface area contributed by atoms with Crippen molar-refractivity contribution in [3.8, 4) is 0 Å². The van der Waals surface area contributed by atoms with Crippen LogP contribution in [-0.4, -0.2) is 37.3 Å². The average Bonchev–Trinajstić information content (AvgIpc) is 2.99. The van der Waals surface area contributed by atoms with Gasteiger partial charge in [0.25, 0.3) is 5.69 Å². The normalized spacial score (nSPS) is 17.5. The first-order chi connectivity index (χ1) is 10.1. The number of ether oxygens (including phenoxy) is 2. The van der Waals surface area contributed by atoms with Crippen molar-refractivity contribution >= 4 is 17.3 Å². The SMILES string of the molecule is COC(=O)c1ccc([N+](=O)[O-])c(NCCC2CCCO2)c1. The zero-order chi connectivity index (χ0) is 15.2. The Morgan fingerprint density at radius 1 is 1.57 bits per heavy atom. The van der Waals surface area contributed by atoms with Gasteiger partial charge in [-0.2, -0.15) is 0 Å². The molecule has 1 N–H and O–H groups in total. The van der Waals surface area contributed by atoms with Crippen LogP contribution >= 0.6 is 0 Å². The van der Waals surface area contributed by atoms with Crippen LogP contribution in [0.5, 0.6) is 0 Å². The number of carbonyl (C=O) groups is 1. The van der Waals surface area contributed by atoms with E-state index in [9.17, 15) is 14.9 Å². The van der Waals surface area contributed by atoms with Crippen molar-refractivity contribution in [1.29, 1.82) is 0 Å². The van der Waals surface area contributed by atoms with Gasteiger partial charge in [-0.05, 0) is 31.4 Å². The highest BCUT2D eigenvalue weighted by atomic mass is 16.6. The summed E-state index contributed by atoms with van der Waals surface area (Å²) in [6.07, 6.45) is 3.06. The number of nitro groups is 1. The maximum Gasteiger partial charge on any atom is 0.337 e. The van der Waals surface area contributed by atoms with Crippen molar-refractivity contribution < 1.29 is 19.2 Å². The summed E-state index contributed by atoms with van der Waals surface area (Å²) in [7, 11) is 1.27. The topological polar surface area (TPSA) is 90.7 Å². The van der Waals surface area contributed by atoms with Gasteiger partial charge < -0.3 is 14.8 Å². The van der Waals surface area contributed by atoms with Crippen molar-refractivity contribution in [2.45, 2.75) is 25.4 Å². The lowest BCUT2D eigenvalue weighted by molar-refractivity contribution is -0.384. The van der Waals surface area contributed by atoms with Gasteiger partial charge in [0.2, 0.25) is 0 Å². The van der Waals surface area contributed by atoms with Crippen LogP contribution in [0.1, 0.15) is 29.6 Å². The molecule has 1 aliphatic rings. The Bertz CT molecular complexity index is 526. The van der Waals surface area contributed by atoms with Gasteiger partial charge in [0.1, 0.15) is 5.69 Å². The van der Waals surface area contributed by atoms with Crippen molar-refractivity contribution in [1.82, 2.24) is 0 Å². The molecule has 0 radical (unpaired) electrons. The van der Waals surface area contributed by atoms with Crippen molar-refractivity contribution in [3.05, 3.63) is 33.9 Å². The molecule has 0 saturated carbocycles.